The van der Waals surface area contributed by atoms with Crippen molar-refractivity contribution >= 4 is 5.91 Å². The molecular weight excluding hydrogens is 328 g/mol. The zero-order valence-electron chi connectivity index (χ0n) is 14.8. The second-order valence-electron chi connectivity index (χ2n) is 6.65. The maximum atomic E-state index is 12.6. The molecule has 4 heterocycles. The molecule has 0 aromatic carbocycles. The number of carbonyl (C=O) groups is 1. The molecule has 1 atom stereocenters. The molecule has 4 rings (SSSR count). The van der Waals surface area contributed by atoms with E-state index in [2.05, 4.69) is 27.2 Å². The molecule has 1 fully saturated rings. The molecule has 0 radical (unpaired) electrons. The summed E-state index contributed by atoms with van der Waals surface area (Å²) in [5.74, 6) is 0.159. The van der Waals surface area contributed by atoms with E-state index in [0.29, 0.717) is 18.8 Å². The van der Waals surface area contributed by atoms with Crippen LogP contribution in [0.3, 0.4) is 0 Å². The van der Waals surface area contributed by atoms with Crippen LogP contribution in [-0.2, 0) is 7.05 Å². The summed E-state index contributed by atoms with van der Waals surface area (Å²) in [5.41, 5.74) is 4.57. The molecule has 26 heavy (non-hydrogen) atoms. The molecule has 7 nitrogen and oxygen atoms in total. The molecule has 3 aromatic rings. The zero-order chi connectivity index (χ0) is 18.1. The molecule has 1 saturated heterocycles. The Morgan fingerprint density at radius 1 is 1.19 bits per heavy atom. The molecule has 0 saturated carbocycles. The molecule has 0 spiro atoms. The quantitative estimate of drug-likeness (QED) is 0.725. The Morgan fingerprint density at radius 2 is 2.08 bits per heavy atom. The molecule has 3 aromatic heterocycles. The molecule has 0 N–H and O–H groups in total. The summed E-state index contributed by atoms with van der Waals surface area (Å²) in [6.45, 7) is 3.36. The average molecular weight is 348 g/mol. The van der Waals surface area contributed by atoms with E-state index in [1.165, 1.54) is 6.20 Å². The Balaban J connectivity index is 1.55. The standard InChI is InChI=1S/C19H20N6O/c1-13-7-15(16-9-22-24(2)11-16)8-17(23-13)14-3-6-25(12-14)19(26)18-10-20-4-5-21-18/h4-5,7-11,14H,3,6,12H2,1-2H3/t14-/m0/s1. The van der Waals surface area contributed by atoms with Gasteiger partial charge in [0.1, 0.15) is 5.69 Å². The molecule has 7 heteroatoms. The summed E-state index contributed by atoms with van der Waals surface area (Å²) in [4.78, 5) is 27.2. The third-order valence-electron chi connectivity index (χ3n) is 4.69. The van der Waals surface area contributed by atoms with E-state index >= 15 is 0 Å². The van der Waals surface area contributed by atoms with Crippen LogP contribution >= 0.6 is 0 Å². The Kier molecular flexibility index (Phi) is 4.20. The van der Waals surface area contributed by atoms with Crippen LogP contribution < -0.4 is 0 Å². The lowest BCUT2D eigenvalue weighted by molar-refractivity contribution is 0.0784. The highest BCUT2D eigenvalue weighted by atomic mass is 16.2. The third-order valence-corrected chi connectivity index (χ3v) is 4.69. The Hall–Kier alpha value is -3.09. The number of carbonyl (C=O) groups excluding carboxylic acids is 1. The number of amides is 1. The topological polar surface area (TPSA) is 76.8 Å². The molecule has 1 amide bonds. The molecular formula is C19H20N6O. The van der Waals surface area contributed by atoms with Gasteiger partial charge in [0.05, 0.1) is 12.4 Å². The Labute approximate surface area is 151 Å². The van der Waals surface area contributed by atoms with E-state index < -0.39 is 0 Å². The smallest absolute Gasteiger partial charge is 0.274 e. The van der Waals surface area contributed by atoms with Crippen molar-refractivity contribution in [3.05, 3.63) is 60.2 Å². The number of likely N-dealkylation sites (tertiary alicyclic amines) is 1. The van der Waals surface area contributed by atoms with Gasteiger partial charge in [0, 0.05) is 61.6 Å². The minimum atomic E-state index is -0.0688. The third kappa shape index (κ3) is 3.20. The monoisotopic (exact) mass is 348 g/mol. The molecule has 132 valence electrons. The van der Waals surface area contributed by atoms with Crippen LogP contribution in [0.2, 0.25) is 0 Å². The van der Waals surface area contributed by atoms with Crippen molar-refractivity contribution in [2.24, 2.45) is 7.05 Å². The molecule has 0 unspecified atom stereocenters. The van der Waals surface area contributed by atoms with Gasteiger partial charge in [0.15, 0.2) is 0 Å². The van der Waals surface area contributed by atoms with Gasteiger partial charge in [0.25, 0.3) is 5.91 Å². The lowest BCUT2D eigenvalue weighted by atomic mass is 10.00. The van der Waals surface area contributed by atoms with Crippen molar-refractivity contribution in [1.82, 2.24) is 29.6 Å². The second kappa shape index (κ2) is 6.67. The predicted molar refractivity (Wildman–Crippen MR) is 96.5 cm³/mol. The fourth-order valence-corrected chi connectivity index (χ4v) is 3.40. The van der Waals surface area contributed by atoms with Crippen LogP contribution in [0, 0.1) is 6.92 Å². The van der Waals surface area contributed by atoms with E-state index in [1.54, 1.807) is 17.1 Å². The largest absolute Gasteiger partial charge is 0.337 e. The summed E-state index contributed by atoms with van der Waals surface area (Å²) in [7, 11) is 1.91. The number of hydrogen-bond acceptors (Lipinski definition) is 5. The Bertz CT molecular complexity index is 936. The fourth-order valence-electron chi connectivity index (χ4n) is 3.40. The van der Waals surface area contributed by atoms with Gasteiger partial charge in [-0.1, -0.05) is 0 Å². The van der Waals surface area contributed by atoms with Crippen molar-refractivity contribution < 1.29 is 4.79 Å². The molecule has 1 aliphatic heterocycles. The number of nitrogens with zero attached hydrogens (tertiary/aromatic N) is 6. The minimum Gasteiger partial charge on any atom is -0.337 e. The van der Waals surface area contributed by atoms with Crippen molar-refractivity contribution in [1.29, 1.82) is 0 Å². The molecule has 0 bridgehead atoms. The van der Waals surface area contributed by atoms with Crippen LogP contribution in [0.1, 0.15) is 34.2 Å². The summed E-state index contributed by atoms with van der Waals surface area (Å²) in [6.07, 6.45) is 9.38. The van der Waals surface area contributed by atoms with Crippen LogP contribution in [-0.4, -0.2) is 48.6 Å². The highest BCUT2D eigenvalue weighted by molar-refractivity contribution is 5.92. The zero-order valence-corrected chi connectivity index (χ0v) is 14.8. The highest BCUT2D eigenvalue weighted by Gasteiger charge is 2.29. The summed E-state index contributed by atoms with van der Waals surface area (Å²) in [6, 6.07) is 4.18. The normalized spacial score (nSPS) is 16.8. The van der Waals surface area contributed by atoms with Gasteiger partial charge < -0.3 is 4.90 Å². The predicted octanol–water partition coefficient (Wildman–Crippen LogP) is 2.21. The first kappa shape index (κ1) is 16.4. The van der Waals surface area contributed by atoms with E-state index in [0.717, 1.165) is 28.9 Å². The first-order valence-corrected chi connectivity index (χ1v) is 8.63. The number of rotatable bonds is 3. The summed E-state index contributed by atoms with van der Waals surface area (Å²) >= 11 is 0. The summed E-state index contributed by atoms with van der Waals surface area (Å²) in [5, 5.41) is 4.25. The van der Waals surface area contributed by atoms with Gasteiger partial charge in [-0.2, -0.15) is 5.10 Å². The van der Waals surface area contributed by atoms with Crippen molar-refractivity contribution in [2.45, 2.75) is 19.3 Å². The van der Waals surface area contributed by atoms with E-state index in [1.807, 2.05) is 31.3 Å². The Morgan fingerprint density at radius 3 is 2.81 bits per heavy atom. The highest BCUT2D eigenvalue weighted by Crippen LogP contribution is 2.30. The van der Waals surface area contributed by atoms with E-state index in [4.69, 9.17) is 4.98 Å². The van der Waals surface area contributed by atoms with Crippen LogP contribution in [0.15, 0.2) is 43.1 Å². The summed E-state index contributed by atoms with van der Waals surface area (Å²) < 4.78 is 1.79. The first-order chi connectivity index (χ1) is 12.6. The van der Waals surface area contributed by atoms with Crippen molar-refractivity contribution in [3.63, 3.8) is 0 Å². The number of pyridine rings is 1. The maximum absolute atomic E-state index is 12.6. The van der Waals surface area contributed by atoms with E-state index in [-0.39, 0.29) is 11.8 Å². The van der Waals surface area contributed by atoms with Crippen molar-refractivity contribution in [2.75, 3.05) is 13.1 Å². The lowest BCUT2D eigenvalue weighted by Gasteiger charge is -2.16. The van der Waals surface area contributed by atoms with Gasteiger partial charge in [-0.3, -0.25) is 19.4 Å². The molecule has 0 aliphatic carbocycles. The van der Waals surface area contributed by atoms with Crippen LogP contribution in [0.4, 0.5) is 0 Å². The SMILES string of the molecule is Cc1cc(-c2cnn(C)c2)cc([C@H]2CCN(C(=O)c3cnccn3)C2)n1. The number of aryl methyl sites for hydroxylation is 2. The second-order valence-corrected chi connectivity index (χ2v) is 6.65. The van der Waals surface area contributed by atoms with Crippen LogP contribution in [0.5, 0.6) is 0 Å². The van der Waals surface area contributed by atoms with Crippen LogP contribution in [0.25, 0.3) is 11.1 Å². The van der Waals surface area contributed by atoms with Gasteiger partial charge in [-0.05, 0) is 31.0 Å². The number of hydrogen-bond donors (Lipinski definition) is 0. The number of aromatic nitrogens is 5. The minimum absolute atomic E-state index is 0.0688. The van der Waals surface area contributed by atoms with Gasteiger partial charge in [-0.15, -0.1) is 0 Å². The average Bonchev–Trinajstić information content (AvgIpc) is 3.31. The van der Waals surface area contributed by atoms with E-state index in [9.17, 15) is 4.79 Å². The maximum Gasteiger partial charge on any atom is 0.274 e. The van der Waals surface area contributed by atoms with Gasteiger partial charge in [-0.25, -0.2) is 4.98 Å². The van der Waals surface area contributed by atoms with Crippen molar-refractivity contribution in [3.8, 4) is 11.1 Å². The lowest BCUT2D eigenvalue weighted by Crippen LogP contribution is -2.29. The fraction of sp³-hybridized carbons (Fsp3) is 0.316. The molecule has 1 aliphatic rings. The van der Waals surface area contributed by atoms with Gasteiger partial charge in [0.2, 0.25) is 0 Å². The first-order valence-electron chi connectivity index (χ1n) is 8.63. The van der Waals surface area contributed by atoms with Gasteiger partial charge >= 0.3 is 0 Å².